The maximum absolute atomic E-state index is 10.6. The third-order valence-corrected chi connectivity index (χ3v) is 3.65. The van der Waals surface area contributed by atoms with Gasteiger partial charge in [-0.15, -0.1) is 11.3 Å². The fourth-order valence-corrected chi connectivity index (χ4v) is 2.75. The molecule has 0 saturated heterocycles. The Balaban J connectivity index is 1.93. The summed E-state index contributed by atoms with van der Waals surface area (Å²) in [5.74, 6) is 1.20. The number of nitrogens with one attached hydrogen (secondary N) is 1. The zero-order chi connectivity index (χ0) is 14.8. The van der Waals surface area contributed by atoms with Gasteiger partial charge >= 0.3 is 5.82 Å². The molecule has 0 amide bonds. The predicted octanol–water partition coefficient (Wildman–Crippen LogP) is 2.28. The van der Waals surface area contributed by atoms with Crippen LogP contribution in [0.15, 0.2) is 24.0 Å². The lowest BCUT2D eigenvalue weighted by molar-refractivity contribution is -0.389. The SMILES string of the molecule is CCNc1nc(Cn2cnc([N+](=O)[O-])c2)nc2sccc12. The number of nitrogens with zero attached hydrogens (tertiary/aromatic N) is 5. The molecule has 0 unspecified atom stereocenters. The molecule has 0 fully saturated rings. The molecular weight excluding hydrogens is 292 g/mol. The first-order valence-corrected chi connectivity index (χ1v) is 7.19. The number of hydrogen-bond donors (Lipinski definition) is 1. The van der Waals surface area contributed by atoms with E-state index in [1.165, 1.54) is 23.9 Å². The minimum atomic E-state index is -0.524. The molecule has 9 heteroatoms. The smallest absolute Gasteiger partial charge is 0.370 e. The highest BCUT2D eigenvalue weighted by molar-refractivity contribution is 7.16. The summed E-state index contributed by atoms with van der Waals surface area (Å²) in [6.45, 7) is 3.10. The topological polar surface area (TPSA) is 98.8 Å². The Bertz CT molecular complexity index is 796. The van der Waals surface area contributed by atoms with Crippen molar-refractivity contribution in [1.82, 2.24) is 19.5 Å². The lowest BCUT2D eigenvalue weighted by atomic mass is 10.3. The Morgan fingerprint density at radius 3 is 3.05 bits per heavy atom. The van der Waals surface area contributed by atoms with Gasteiger partial charge in [-0.25, -0.2) is 9.97 Å². The van der Waals surface area contributed by atoms with Gasteiger partial charge in [0.2, 0.25) is 6.33 Å². The molecule has 3 heterocycles. The van der Waals surface area contributed by atoms with Crippen LogP contribution in [0.25, 0.3) is 10.2 Å². The molecule has 0 atom stereocenters. The van der Waals surface area contributed by atoms with Crippen molar-refractivity contribution in [3.8, 4) is 0 Å². The largest absolute Gasteiger partial charge is 0.381 e. The molecule has 3 aromatic rings. The Morgan fingerprint density at radius 1 is 1.48 bits per heavy atom. The van der Waals surface area contributed by atoms with Crippen molar-refractivity contribution in [3.63, 3.8) is 0 Å². The van der Waals surface area contributed by atoms with Crippen molar-refractivity contribution >= 4 is 33.2 Å². The van der Waals surface area contributed by atoms with Crippen LogP contribution in [0.3, 0.4) is 0 Å². The van der Waals surface area contributed by atoms with Crippen molar-refractivity contribution in [1.29, 1.82) is 0 Å². The van der Waals surface area contributed by atoms with Gasteiger partial charge in [-0.3, -0.25) is 0 Å². The van der Waals surface area contributed by atoms with Crippen LogP contribution in [0, 0.1) is 10.1 Å². The molecule has 21 heavy (non-hydrogen) atoms. The Labute approximate surface area is 123 Å². The van der Waals surface area contributed by atoms with E-state index in [0.717, 1.165) is 22.6 Å². The summed E-state index contributed by atoms with van der Waals surface area (Å²) in [7, 11) is 0. The lowest BCUT2D eigenvalue weighted by Crippen LogP contribution is -2.07. The average molecular weight is 304 g/mol. The predicted molar refractivity (Wildman–Crippen MR) is 79.6 cm³/mol. The van der Waals surface area contributed by atoms with E-state index >= 15 is 0 Å². The van der Waals surface area contributed by atoms with E-state index in [1.54, 1.807) is 4.57 Å². The van der Waals surface area contributed by atoms with Crippen molar-refractivity contribution < 1.29 is 4.92 Å². The average Bonchev–Trinajstić information content (AvgIpc) is 3.08. The highest BCUT2D eigenvalue weighted by Gasteiger charge is 2.13. The first kappa shape index (κ1) is 13.4. The number of hydrogen-bond acceptors (Lipinski definition) is 7. The molecule has 0 radical (unpaired) electrons. The van der Waals surface area contributed by atoms with Crippen LogP contribution in [0.5, 0.6) is 0 Å². The maximum atomic E-state index is 10.6. The molecule has 0 aliphatic rings. The Hall–Kier alpha value is -2.55. The zero-order valence-corrected chi connectivity index (χ0v) is 12.0. The summed E-state index contributed by atoms with van der Waals surface area (Å²) in [4.78, 5) is 23.7. The van der Waals surface area contributed by atoms with E-state index in [9.17, 15) is 10.1 Å². The van der Waals surface area contributed by atoms with Gasteiger partial charge in [-0.2, -0.15) is 0 Å². The number of fused-ring (bicyclic) bond motifs is 1. The van der Waals surface area contributed by atoms with Crippen LogP contribution in [-0.4, -0.2) is 31.0 Å². The molecule has 3 rings (SSSR count). The highest BCUT2D eigenvalue weighted by atomic mass is 32.1. The second-order valence-corrected chi connectivity index (χ2v) is 5.21. The fraction of sp³-hybridized carbons (Fsp3) is 0.250. The van der Waals surface area contributed by atoms with E-state index < -0.39 is 4.92 Å². The van der Waals surface area contributed by atoms with Crippen LogP contribution < -0.4 is 5.32 Å². The van der Waals surface area contributed by atoms with Gasteiger partial charge in [0.15, 0.2) is 5.82 Å². The third kappa shape index (κ3) is 2.68. The van der Waals surface area contributed by atoms with E-state index in [2.05, 4.69) is 20.3 Å². The molecule has 0 bridgehead atoms. The minimum Gasteiger partial charge on any atom is -0.370 e. The number of nitro groups is 1. The Kier molecular flexibility index (Phi) is 3.48. The number of imidazole rings is 1. The van der Waals surface area contributed by atoms with Gasteiger partial charge < -0.3 is 20.0 Å². The highest BCUT2D eigenvalue weighted by Crippen LogP contribution is 2.25. The monoisotopic (exact) mass is 304 g/mol. The molecule has 3 aromatic heterocycles. The van der Waals surface area contributed by atoms with Gasteiger partial charge in [0.25, 0.3) is 0 Å². The van der Waals surface area contributed by atoms with Crippen molar-refractivity contribution in [2.75, 3.05) is 11.9 Å². The first-order chi connectivity index (χ1) is 10.2. The second kappa shape index (κ2) is 5.44. The zero-order valence-electron chi connectivity index (χ0n) is 11.2. The molecule has 108 valence electrons. The summed E-state index contributed by atoms with van der Waals surface area (Å²) in [5, 5.41) is 16.8. The second-order valence-electron chi connectivity index (χ2n) is 4.32. The van der Waals surface area contributed by atoms with Crippen LogP contribution in [-0.2, 0) is 6.54 Å². The van der Waals surface area contributed by atoms with Crippen LogP contribution in [0.2, 0.25) is 0 Å². The van der Waals surface area contributed by atoms with E-state index in [0.29, 0.717) is 12.4 Å². The molecule has 1 N–H and O–H groups in total. The molecule has 0 aliphatic carbocycles. The van der Waals surface area contributed by atoms with Crippen LogP contribution in [0.4, 0.5) is 11.6 Å². The number of anilines is 1. The molecule has 0 aliphatic heterocycles. The van der Waals surface area contributed by atoms with Gasteiger partial charge in [0.05, 0.1) is 11.9 Å². The fourth-order valence-electron chi connectivity index (χ4n) is 1.96. The first-order valence-electron chi connectivity index (χ1n) is 6.31. The molecule has 0 spiro atoms. The molecule has 0 aromatic carbocycles. The molecule has 0 saturated carbocycles. The van der Waals surface area contributed by atoms with Crippen LogP contribution >= 0.6 is 11.3 Å². The normalized spacial score (nSPS) is 10.9. The van der Waals surface area contributed by atoms with Crippen molar-refractivity contribution in [2.45, 2.75) is 13.5 Å². The van der Waals surface area contributed by atoms with Gasteiger partial charge in [-0.05, 0) is 28.3 Å². The van der Waals surface area contributed by atoms with E-state index in [4.69, 9.17) is 0 Å². The summed E-state index contributed by atoms with van der Waals surface area (Å²) in [6, 6.07) is 1.98. The van der Waals surface area contributed by atoms with Crippen molar-refractivity contribution in [3.05, 3.63) is 39.9 Å². The van der Waals surface area contributed by atoms with Crippen LogP contribution in [0.1, 0.15) is 12.7 Å². The number of aromatic nitrogens is 4. The minimum absolute atomic E-state index is 0.181. The molecular formula is C12H12N6O2S. The van der Waals surface area contributed by atoms with Gasteiger partial charge in [0, 0.05) is 6.54 Å². The summed E-state index contributed by atoms with van der Waals surface area (Å²) in [6.07, 6.45) is 2.78. The van der Waals surface area contributed by atoms with Gasteiger partial charge in [0.1, 0.15) is 16.8 Å². The molecule has 8 nitrogen and oxygen atoms in total. The Morgan fingerprint density at radius 2 is 2.33 bits per heavy atom. The standard InChI is InChI=1S/C12H12N6O2S/c1-2-13-11-8-3-4-21-12(8)16-9(15-11)5-17-6-10(14-7-17)18(19)20/h3-4,6-7H,2,5H2,1H3,(H,13,15,16). The quantitative estimate of drug-likeness (QED) is 0.573. The van der Waals surface area contributed by atoms with E-state index in [1.807, 2.05) is 18.4 Å². The summed E-state index contributed by atoms with van der Waals surface area (Å²) in [5.41, 5.74) is 0. The lowest BCUT2D eigenvalue weighted by Gasteiger charge is -2.06. The third-order valence-electron chi connectivity index (χ3n) is 2.85. The van der Waals surface area contributed by atoms with Gasteiger partial charge in [-0.1, -0.05) is 0 Å². The van der Waals surface area contributed by atoms with E-state index in [-0.39, 0.29) is 5.82 Å². The maximum Gasteiger partial charge on any atom is 0.381 e. The number of rotatable bonds is 5. The summed E-state index contributed by atoms with van der Waals surface area (Å²) >= 11 is 1.54. The summed E-state index contributed by atoms with van der Waals surface area (Å²) < 4.78 is 1.60. The van der Waals surface area contributed by atoms with Crippen molar-refractivity contribution in [2.24, 2.45) is 0 Å². The number of thiophene rings is 1.